The van der Waals surface area contributed by atoms with Gasteiger partial charge in [0.05, 0.1) is 5.92 Å². The molecule has 1 N–H and O–H groups in total. The van der Waals surface area contributed by atoms with E-state index in [0.717, 1.165) is 5.56 Å². The van der Waals surface area contributed by atoms with Crippen molar-refractivity contribution >= 4 is 17.6 Å². The molecule has 1 atom stereocenters. The molecule has 2 rings (SSSR count). The maximum absolute atomic E-state index is 12.2. The Labute approximate surface area is 149 Å². The standard InChI is InChI=1S/C19H19F2NO4/c1-2-16(13-6-4-3-5-7-13)18(24)25-12-17(23)22-14-8-10-15(11-9-14)26-19(20)21/h3-11,16,19H,2,12H2,1H3,(H,22,23)/t16-/m0/s1. The van der Waals surface area contributed by atoms with E-state index in [0.29, 0.717) is 12.1 Å². The number of hydrogen-bond donors (Lipinski definition) is 1. The van der Waals surface area contributed by atoms with Gasteiger partial charge in [-0.25, -0.2) is 0 Å². The van der Waals surface area contributed by atoms with E-state index in [1.165, 1.54) is 24.3 Å². The molecule has 0 unspecified atom stereocenters. The minimum Gasteiger partial charge on any atom is -0.455 e. The van der Waals surface area contributed by atoms with E-state index in [4.69, 9.17) is 4.74 Å². The van der Waals surface area contributed by atoms with Crippen LogP contribution >= 0.6 is 0 Å². The van der Waals surface area contributed by atoms with Gasteiger partial charge in [0.1, 0.15) is 5.75 Å². The van der Waals surface area contributed by atoms with Crippen LogP contribution in [0.5, 0.6) is 5.75 Å². The Bertz CT molecular complexity index is 720. The Kier molecular flexibility index (Phi) is 7.08. The number of alkyl halides is 2. The van der Waals surface area contributed by atoms with Crippen molar-refractivity contribution in [2.45, 2.75) is 25.9 Å². The van der Waals surface area contributed by atoms with Crippen LogP contribution in [0.15, 0.2) is 54.6 Å². The van der Waals surface area contributed by atoms with Gasteiger partial charge in [-0.15, -0.1) is 0 Å². The van der Waals surface area contributed by atoms with E-state index in [1.54, 1.807) is 0 Å². The molecule has 0 bridgehead atoms. The average Bonchev–Trinajstić information content (AvgIpc) is 2.63. The molecular weight excluding hydrogens is 344 g/mol. The molecule has 7 heteroatoms. The van der Waals surface area contributed by atoms with Crippen LogP contribution in [0.2, 0.25) is 0 Å². The molecule has 0 heterocycles. The number of esters is 1. The fourth-order valence-corrected chi connectivity index (χ4v) is 2.38. The molecule has 0 saturated carbocycles. The SMILES string of the molecule is CC[C@H](C(=O)OCC(=O)Nc1ccc(OC(F)F)cc1)c1ccccc1. The van der Waals surface area contributed by atoms with Crippen LogP contribution in [-0.2, 0) is 14.3 Å². The lowest BCUT2D eigenvalue weighted by molar-refractivity contribution is -0.149. The molecule has 0 spiro atoms. The van der Waals surface area contributed by atoms with Crippen molar-refractivity contribution in [1.29, 1.82) is 0 Å². The zero-order chi connectivity index (χ0) is 18.9. The minimum atomic E-state index is -2.91. The first-order valence-corrected chi connectivity index (χ1v) is 8.06. The Morgan fingerprint density at radius 2 is 1.69 bits per heavy atom. The summed E-state index contributed by atoms with van der Waals surface area (Å²) in [4.78, 5) is 24.1. The fourth-order valence-electron chi connectivity index (χ4n) is 2.38. The van der Waals surface area contributed by atoms with Gasteiger partial charge in [0.2, 0.25) is 0 Å². The van der Waals surface area contributed by atoms with Gasteiger partial charge in [0, 0.05) is 5.69 Å². The lowest BCUT2D eigenvalue weighted by atomic mass is 9.97. The topological polar surface area (TPSA) is 64.6 Å². The van der Waals surface area contributed by atoms with Gasteiger partial charge in [-0.3, -0.25) is 9.59 Å². The second kappa shape index (κ2) is 9.50. The maximum atomic E-state index is 12.2. The van der Waals surface area contributed by atoms with Crippen LogP contribution in [0, 0.1) is 0 Å². The number of carbonyl (C=O) groups is 2. The van der Waals surface area contributed by atoms with Crippen LogP contribution in [0.4, 0.5) is 14.5 Å². The summed E-state index contributed by atoms with van der Waals surface area (Å²) >= 11 is 0. The second-order valence-electron chi connectivity index (χ2n) is 5.43. The number of benzene rings is 2. The van der Waals surface area contributed by atoms with E-state index < -0.39 is 31.0 Å². The largest absolute Gasteiger partial charge is 0.455 e. The van der Waals surface area contributed by atoms with Gasteiger partial charge in [-0.2, -0.15) is 8.78 Å². The molecule has 0 aliphatic carbocycles. The minimum absolute atomic E-state index is 0.0157. The number of ether oxygens (including phenoxy) is 2. The molecule has 2 aromatic rings. The number of carbonyl (C=O) groups excluding carboxylic acids is 2. The van der Waals surface area contributed by atoms with Crippen LogP contribution in [0.25, 0.3) is 0 Å². The highest BCUT2D eigenvalue weighted by molar-refractivity contribution is 5.93. The van der Waals surface area contributed by atoms with Crippen LogP contribution < -0.4 is 10.1 Å². The zero-order valence-electron chi connectivity index (χ0n) is 14.2. The third kappa shape index (κ3) is 5.84. The predicted octanol–water partition coefficient (Wildman–Crippen LogP) is 3.96. The maximum Gasteiger partial charge on any atom is 0.387 e. The number of anilines is 1. The molecule has 2 aromatic carbocycles. The van der Waals surface area contributed by atoms with E-state index in [-0.39, 0.29) is 5.75 Å². The smallest absolute Gasteiger partial charge is 0.387 e. The van der Waals surface area contributed by atoms with Gasteiger partial charge in [-0.1, -0.05) is 37.3 Å². The van der Waals surface area contributed by atoms with Gasteiger partial charge >= 0.3 is 12.6 Å². The number of nitrogens with one attached hydrogen (secondary N) is 1. The summed E-state index contributed by atoms with van der Waals surface area (Å²) in [6, 6.07) is 14.6. The third-order valence-corrected chi connectivity index (χ3v) is 3.60. The Balaban J connectivity index is 1.85. The highest BCUT2D eigenvalue weighted by Gasteiger charge is 2.21. The molecule has 0 radical (unpaired) electrons. The van der Waals surface area contributed by atoms with Crippen LogP contribution in [-0.4, -0.2) is 25.1 Å². The van der Waals surface area contributed by atoms with Gasteiger partial charge in [0.25, 0.3) is 5.91 Å². The molecule has 5 nitrogen and oxygen atoms in total. The summed E-state index contributed by atoms with van der Waals surface area (Å²) in [7, 11) is 0. The summed E-state index contributed by atoms with van der Waals surface area (Å²) in [5, 5.41) is 2.52. The normalized spacial score (nSPS) is 11.7. The number of rotatable bonds is 8. The van der Waals surface area contributed by atoms with Gasteiger partial charge < -0.3 is 14.8 Å². The van der Waals surface area contributed by atoms with E-state index in [1.807, 2.05) is 37.3 Å². The molecule has 0 aliphatic heterocycles. The summed E-state index contributed by atoms with van der Waals surface area (Å²) in [5.41, 5.74) is 1.21. The highest BCUT2D eigenvalue weighted by Crippen LogP contribution is 2.21. The number of hydrogen-bond acceptors (Lipinski definition) is 4. The van der Waals surface area contributed by atoms with E-state index in [9.17, 15) is 18.4 Å². The summed E-state index contributed by atoms with van der Waals surface area (Å²) in [6.45, 7) is -1.48. The number of amides is 1. The van der Waals surface area contributed by atoms with Crippen molar-refractivity contribution in [3.05, 3.63) is 60.2 Å². The Morgan fingerprint density at radius 3 is 2.27 bits per heavy atom. The Hall–Kier alpha value is -2.96. The van der Waals surface area contributed by atoms with Crippen LogP contribution in [0.1, 0.15) is 24.8 Å². The summed E-state index contributed by atoms with van der Waals surface area (Å²) < 4.78 is 33.5. The first-order valence-electron chi connectivity index (χ1n) is 8.06. The molecule has 0 aromatic heterocycles. The third-order valence-electron chi connectivity index (χ3n) is 3.60. The number of halogens is 2. The lowest BCUT2D eigenvalue weighted by Gasteiger charge is -2.14. The van der Waals surface area contributed by atoms with E-state index >= 15 is 0 Å². The molecule has 26 heavy (non-hydrogen) atoms. The quantitative estimate of drug-likeness (QED) is 0.721. The first-order chi connectivity index (χ1) is 12.5. The van der Waals surface area contributed by atoms with Crippen molar-refractivity contribution in [1.82, 2.24) is 0 Å². The van der Waals surface area contributed by atoms with E-state index in [2.05, 4.69) is 10.1 Å². The summed E-state index contributed by atoms with van der Waals surface area (Å²) in [5.74, 6) is -1.45. The van der Waals surface area contributed by atoms with Crippen LogP contribution in [0.3, 0.4) is 0 Å². The first kappa shape index (κ1) is 19.4. The average molecular weight is 363 g/mol. The molecule has 0 aliphatic rings. The molecule has 1 amide bonds. The summed E-state index contributed by atoms with van der Waals surface area (Å²) in [6.07, 6.45) is 0.552. The second-order valence-corrected chi connectivity index (χ2v) is 5.43. The Morgan fingerprint density at radius 1 is 1.04 bits per heavy atom. The van der Waals surface area contributed by atoms with Crippen molar-refractivity contribution in [2.75, 3.05) is 11.9 Å². The molecular formula is C19H19F2NO4. The highest BCUT2D eigenvalue weighted by atomic mass is 19.3. The fraction of sp³-hybridized carbons (Fsp3) is 0.263. The molecule has 138 valence electrons. The predicted molar refractivity (Wildman–Crippen MR) is 92.1 cm³/mol. The van der Waals surface area contributed by atoms with Crippen molar-refractivity contribution in [3.8, 4) is 5.75 Å². The van der Waals surface area contributed by atoms with Gasteiger partial charge in [0.15, 0.2) is 6.61 Å². The zero-order valence-corrected chi connectivity index (χ0v) is 14.2. The van der Waals surface area contributed by atoms with Crippen molar-refractivity contribution in [3.63, 3.8) is 0 Å². The molecule has 0 saturated heterocycles. The van der Waals surface area contributed by atoms with Crippen molar-refractivity contribution in [2.24, 2.45) is 0 Å². The van der Waals surface area contributed by atoms with Gasteiger partial charge in [-0.05, 0) is 36.2 Å². The lowest BCUT2D eigenvalue weighted by Crippen LogP contribution is -2.23. The van der Waals surface area contributed by atoms with Crippen molar-refractivity contribution < 1.29 is 27.8 Å². The monoisotopic (exact) mass is 363 g/mol. The molecule has 0 fully saturated rings.